The van der Waals surface area contributed by atoms with Gasteiger partial charge in [-0.25, -0.2) is 0 Å². The van der Waals surface area contributed by atoms with Crippen LogP contribution in [-0.4, -0.2) is 19.5 Å². The maximum Gasteiger partial charge on any atom is 0.256 e. The van der Waals surface area contributed by atoms with Crippen LogP contribution in [0.5, 0.6) is 23.0 Å². The van der Waals surface area contributed by atoms with Gasteiger partial charge < -0.3 is 24.3 Å². The number of hydrogen-bond donors (Lipinski definition) is 1. The highest BCUT2D eigenvalue weighted by atomic mass is 16.7. The van der Waals surface area contributed by atoms with Crippen molar-refractivity contribution in [1.82, 2.24) is 5.32 Å². The van der Waals surface area contributed by atoms with Crippen molar-refractivity contribution in [3.63, 3.8) is 0 Å². The molecule has 0 saturated heterocycles. The number of carbonyl (C=O) groups excluding carboxylic acids is 1. The Hall–Kier alpha value is -3.15. The van der Waals surface area contributed by atoms with Crippen LogP contribution in [-0.2, 0) is 0 Å². The van der Waals surface area contributed by atoms with E-state index >= 15 is 0 Å². The van der Waals surface area contributed by atoms with E-state index < -0.39 is 0 Å². The summed E-state index contributed by atoms with van der Waals surface area (Å²) >= 11 is 0. The molecular formula is C19H13NO5. The summed E-state index contributed by atoms with van der Waals surface area (Å²) < 4.78 is 21.9. The summed E-state index contributed by atoms with van der Waals surface area (Å²) in [6.45, 7) is 0.379. The zero-order valence-corrected chi connectivity index (χ0v) is 13.1. The van der Waals surface area contributed by atoms with Crippen LogP contribution in [0, 0.1) is 0 Å². The van der Waals surface area contributed by atoms with Crippen LogP contribution in [0.2, 0.25) is 0 Å². The monoisotopic (exact) mass is 335 g/mol. The molecule has 4 aliphatic rings. The average Bonchev–Trinajstić information content (AvgIpc) is 3.28. The molecule has 0 saturated carbocycles. The molecule has 1 N–H and O–H groups in total. The number of rotatable bonds is 0. The van der Waals surface area contributed by atoms with Crippen molar-refractivity contribution in [2.45, 2.75) is 12.0 Å². The number of carbonyl (C=O) groups is 1. The smallest absolute Gasteiger partial charge is 0.256 e. The Labute approximate surface area is 142 Å². The molecule has 6 heteroatoms. The van der Waals surface area contributed by atoms with Crippen molar-refractivity contribution in [3.8, 4) is 23.0 Å². The predicted molar refractivity (Wildman–Crippen MR) is 87.1 cm³/mol. The van der Waals surface area contributed by atoms with Gasteiger partial charge in [0, 0.05) is 5.92 Å². The van der Waals surface area contributed by atoms with Crippen LogP contribution < -0.4 is 24.3 Å². The lowest BCUT2D eigenvalue weighted by Gasteiger charge is -2.36. The first kappa shape index (κ1) is 13.2. The second kappa shape index (κ2) is 4.47. The van der Waals surface area contributed by atoms with E-state index in [4.69, 9.17) is 18.9 Å². The average molecular weight is 335 g/mol. The number of fused-ring (bicyclic) bond motifs is 8. The van der Waals surface area contributed by atoms with Gasteiger partial charge in [0.1, 0.15) is 0 Å². The number of hydrogen-bond acceptors (Lipinski definition) is 5. The van der Waals surface area contributed by atoms with E-state index in [1.165, 1.54) is 0 Å². The summed E-state index contributed by atoms with van der Waals surface area (Å²) in [4.78, 5) is 12.8. The van der Waals surface area contributed by atoms with Gasteiger partial charge in [0.25, 0.3) is 5.91 Å². The first-order valence-electron chi connectivity index (χ1n) is 8.15. The molecule has 6 rings (SSSR count). The molecule has 0 spiro atoms. The highest BCUT2D eigenvalue weighted by Crippen LogP contribution is 2.50. The molecular weight excluding hydrogens is 322 g/mol. The van der Waals surface area contributed by atoms with Crippen molar-refractivity contribution in [2.24, 2.45) is 0 Å². The van der Waals surface area contributed by atoms with Crippen molar-refractivity contribution in [2.75, 3.05) is 13.6 Å². The second-order valence-electron chi connectivity index (χ2n) is 6.43. The minimum Gasteiger partial charge on any atom is -0.454 e. The summed E-state index contributed by atoms with van der Waals surface area (Å²) in [5.74, 6) is 2.52. The lowest BCUT2D eigenvalue weighted by molar-refractivity contribution is 0.0914. The van der Waals surface area contributed by atoms with E-state index in [2.05, 4.69) is 17.5 Å². The van der Waals surface area contributed by atoms with Gasteiger partial charge in [-0.2, -0.15) is 0 Å². The molecule has 1 aliphatic carbocycles. The molecule has 3 aliphatic heterocycles. The van der Waals surface area contributed by atoms with Crippen LogP contribution in [0.25, 0.3) is 6.08 Å². The fourth-order valence-corrected chi connectivity index (χ4v) is 4.06. The normalized spacial score (nSPS) is 23.6. The maximum atomic E-state index is 12.8. The third-order valence-electron chi connectivity index (χ3n) is 5.20. The van der Waals surface area contributed by atoms with Gasteiger partial charge >= 0.3 is 0 Å². The maximum absolute atomic E-state index is 12.8. The second-order valence-corrected chi connectivity index (χ2v) is 6.43. The highest BCUT2D eigenvalue weighted by molar-refractivity contribution is 6.01. The Kier molecular flexibility index (Phi) is 2.36. The molecule has 25 heavy (non-hydrogen) atoms. The topological polar surface area (TPSA) is 66.0 Å². The molecule has 2 aromatic carbocycles. The summed E-state index contributed by atoms with van der Waals surface area (Å²) in [5.41, 5.74) is 3.60. The molecule has 0 aromatic heterocycles. The Morgan fingerprint density at radius 1 is 0.920 bits per heavy atom. The van der Waals surface area contributed by atoms with Gasteiger partial charge in [0.05, 0.1) is 11.6 Å². The van der Waals surface area contributed by atoms with Crippen molar-refractivity contribution in [3.05, 3.63) is 52.6 Å². The molecule has 3 heterocycles. The Balaban J connectivity index is 1.53. The third kappa shape index (κ3) is 1.66. The van der Waals surface area contributed by atoms with Crippen LogP contribution in [0.3, 0.4) is 0 Å². The van der Waals surface area contributed by atoms with E-state index in [1.54, 1.807) is 0 Å². The zero-order chi connectivity index (χ0) is 16.5. The number of ether oxygens (including phenoxy) is 4. The summed E-state index contributed by atoms with van der Waals surface area (Å²) in [6, 6.07) is 7.62. The van der Waals surface area contributed by atoms with Crippen LogP contribution in [0.1, 0.15) is 39.0 Å². The van der Waals surface area contributed by atoms with Crippen molar-refractivity contribution < 1.29 is 23.7 Å². The van der Waals surface area contributed by atoms with Gasteiger partial charge in [-0.05, 0) is 34.9 Å². The van der Waals surface area contributed by atoms with E-state index in [-0.39, 0.29) is 31.5 Å². The summed E-state index contributed by atoms with van der Waals surface area (Å²) in [6.07, 6.45) is 4.19. The van der Waals surface area contributed by atoms with Crippen LogP contribution in [0.4, 0.5) is 0 Å². The molecule has 2 atom stereocenters. The molecule has 6 nitrogen and oxygen atoms in total. The van der Waals surface area contributed by atoms with Gasteiger partial charge in [-0.3, -0.25) is 4.79 Å². The number of amides is 1. The van der Waals surface area contributed by atoms with Gasteiger partial charge in [0.2, 0.25) is 13.6 Å². The Morgan fingerprint density at radius 2 is 1.72 bits per heavy atom. The number of benzene rings is 2. The van der Waals surface area contributed by atoms with Crippen molar-refractivity contribution in [1.29, 1.82) is 0 Å². The summed E-state index contributed by atoms with van der Waals surface area (Å²) in [7, 11) is 0. The molecule has 124 valence electrons. The standard InChI is InChI=1S/C19H13NO5/c21-19-16-10(3-4-13-18(16)25-8-22-13)11-2-1-9-5-14-15(24-7-23-14)6-12(9)17(11)20-19/h1-6,11,17H,7-8H2,(H,20,21)/t11-,17+/m1/s1. The first-order chi connectivity index (χ1) is 12.3. The Bertz CT molecular complexity index is 980. The fourth-order valence-electron chi connectivity index (χ4n) is 4.06. The fraction of sp³-hybridized carbons (Fsp3) is 0.211. The van der Waals surface area contributed by atoms with E-state index in [0.717, 1.165) is 28.2 Å². The van der Waals surface area contributed by atoms with Crippen molar-refractivity contribution >= 4 is 12.0 Å². The molecule has 0 unspecified atom stereocenters. The molecule has 0 fully saturated rings. The van der Waals surface area contributed by atoms with Crippen LogP contribution >= 0.6 is 0 Å². The highest BCUT2D eigenvalue weighted by Gasteiger charge is 2.40. The third-order valence-corrected chi connectivity index (χ3v) is 5.20. The van der Waals surface area contributed by atoms with Crippen LogP contribution in [0.15, 0.2) is 30.3 Å². The van der Waals surface area contributed by atoms with Gasteiger partial charge in [-0.1, -0.05) is 18.2 Å². The lowest BCUT2D eigenvalue weighted by atomic mass is 9.76. The minimum atomic E-state index is -0.144. The van der Waals surface area contributed by atoms with Gasteiger partial charge in [-0.15, -0.1) is 0 Å². The largest absolute Gasteiger partial charge is 0.454 e. The zero-order valence-electron chi connectivity index (χ0n) is 13.1. The molecule has 0 radical (unpaired) electrons. The summed E-state index contributed by atoms with van der Waals surface area (Å²) in [5, 5.41) is 3.13. The van der Waals surface area contributed by atoms with E-state index in [0.29, 0.717) is 17.1 Å². The Morgan fingerprint density at radius 3 is 2.64 bits per heavy atom. The molecule has 2 aromatic rings. The lowest BCUT2D eigenvalue weighted by Crippen LogP contribution is -2.39. The predicted octanol–water partition coefficient (Wildman–Crippen LogP) is 2.74. The van der Waals surface area contributed by atoms with Gasteiger partial charge in [0.15, 0.2) is 23.0 Å². The minimum absolute atomic E-state index is 0.0371. The quantitative estimate of drug-likeness (QED) is 0.802. The molecule has 0 bridgehead atoms. The van der Waals surface area contributed by atoms with E-state index in [9.17, 15) is 4.79 Å². The van der Waals surface area contributed by atoms with E-state index in [1.807, 2.05) is 24.3 Å². The molecule has 1 amide bonds. The number of nitrogens with one attached hydrogen (secondary N) is 1. The SMILES string of the molecule is O=C1N[C@@H]2c3cc4c(cc3C=C[C@@H]2c2ccc3c(c21)OCO3)OCO4. The first-order valence-corrected chi connectivity index (χ1v) is 8.15.